The minimum Gasteiger partial charge on any atom is -0.479 e. The van der Waals surface area contributed by atoms with Crippen LogP contribution < -0.4 is 5.32 Å². The highest BCUT2D eigenvalue weighted by molar-refractivity contribution is 5.84. The quantitative estimate of drug-likeness (QED) is 0.869. The first-order valence-corrected chi connectivity index (χ1v) is 6.96. The largest absolute Gasteiger partial charge is 0.479 e. The van der Waals surface area contributed by atoms with Crippen LogP contribution in [0.25, 0.3) is 0 Å². The minimum atomic E-state index is -0.861. The maximum Gasteiger partial charge on any atom is 0.329 e. The maximum atomic E-state index is 11.9. The highest BCUT2D eigenvalue weighted by atomic mass is 16.4. The summed E-state index contributed by atoms with van der Waals surface area (Å²) in [5.41, 5.74) is 0.962. The molecule has 1 unspecified atom stereocenters. The second kappa shape index (κ2) is 4.87. The van der Waals surface area contributed by atoms with Gasteiger partial charge in [-0.15, -0.1) is 0 Å². The van der Waals surface area contributed by atoms with Crippen LogP contribution >= 0.6 is 0 Å². The molecule has 1 aromatic carbocycles. The van der Waals surface area contributed by atoms with Gasteiger partial charge in [-0.3, -0.25) is 0 Å². The summed E-state index contributed by atoms with van der Waals surface area (Å²) >= 11 is 0. The summed E-state index contributed by atoms with van der Waals surface area (Å²) in [4.78, 5) is 11.9. The smallest absolute Gasteiger partial charge is 0.329 e. The lowest BCUT2D eigenvalue weighted by Gasteiger charge is -2.48. The van der Waals surface area contributed by atoms with Crippen molar-refractivity contribution >= 4 is 11.7 Å². The maximum absolute atomic E-state index is 11.9. The molecule has 3 nitrogen and oxygen atoms in total. The summed E-state index contributed by atoms with van der Waals surface area (Å²) in [7, 11) is 0. The molecule has 2 N–H and O–H groups in total. The number of hydrogen-bond donors (Lipinski definition) is 2. The fourth-order valence-electron chi connectivity index (χ4n) is 3.07. The Morgan fingerprint density at radius 3 is 2.26 bits per heavy atom. The van der Waals surface area contributed by atoms with Crippen LogP contribution in [0.4, 0.5) is 5.69 Å². The van der Waals surface area contributed by atoms with Crippen LogP contribution in [0.5, 0.6) is 0 Å². The number of carboxylic acid groups (broad SMARTS) is 1. The lowest BCUT2D eigenvalue weighted by Crippen LogP contribution is -2.58. The second-order valence-electron chi connectivity index (χ2n) is 6.29. The Bertz CT molecular complexity index is 464. The van der Waals surface area contributed by atoms with E-state index in [0.29, 0.717) is 6.42 Å². The fourth-order valence-corrected chi connectivity index (χ4v) is 3.07. The minimum absolute atomic E-state index is 0.248. The van der Waals surface area contributed by atoms with Crippen molar-refractivity contribution in [1.82, 2.24) is 0 Å². The molecule has 0 aliphatic heterocycles. The van der Waals surface area contributed by atoms with Gasteiger partial charge in [0.25, 0.3) is 0 Å². The van der Waals surface area contributed by atoms with Crippen LogP contribution in [-0.2, 0) is 4.79 Å². The Balaban J connectivity index is 2.34. The monoisotopic (exact) mass is 261 g/mol. The van der Waals surface area contributed by atoms with Crippen molar-refractivity contribution in [2.45, 2.75) is 52.0 Å². The lowest BCUT2D eigenvalue weighted by atomic mass is 9.63. The SMILES string of the molecule is Cc1ccc(NC2(C(=O)O)CCCCC2(C)C)cc1. The van der Waals surface area contributed by atoms with Crippen molar-refractivity contribution in [1.29, 1.82) is 0 Å². The van der Waals surface area contributed by atoms with Crippen molar-refractivity contribution in [2.75, 3.05) is 5.32 Å². The number of benzene rings is 1. The summed E-state index contributed by atoms with van der Waals surface area (Å²) in [5, 5.41) is 13.1. The van der Waals surface area contributed by atoms with E-state index >= 15 is 0 Å². The second-order valence-corrected chi connectivity index (χ2v) is 6.29. The van der Waals surface area contributed by atoms with Gasteiger partial charge in [-0.1, -0.05) is 44.4 Å². The van der Waals surface area contributed by atoms with Gasteiger partial charge in [0.2, 0.25) is 0 Å². The molecule has 2 rings (SSSR count). The molecule has 0 radical (unpaired) electrons. The van der Waals surface area contributed by atoms with E-state index in [-0.39, 0.29) is 5.41 Å². The van der Waals surface area contributed by atoms with E-state index in [9.17, 15) is 9.90 Å². The van der Waals surface area contributed by atoms with Crippen molar-refractivity contribution in [3.05, 3.63) is 29.8 Å². The molecule has 1 atom stereocenters. The van der Waals surface area contributed by atoms with Crippen molar-refractivity contribution in [3.63, 3.8) is 0 Å². The zero-order chi connectivity index (χ0) is 14.1. The molecule has 1 aliphatic carbocycles. The average Bonchev–Trinajstić information content (AvgIpc) is 2.34. The summed E-state index contributed by atoms with van der Waals surface area (Å²) < 4.78 is 0. The van der Waals surface area contributed by atoms with E-state index < -0.39 is 11.5 Å². The molecule has 3 heteroatoms. The third-order valence-electron chi connectivity index (χ3n) is 4.53. The Labute approximate surface area is 115 Å². The van der Waals surface area contributed by atoms with Crippen LogP contribution in [-0.4, -0.2) is 16.6 Å². The molecule has 1 aromatic rings. The molecule has 0 heterocycles. The molecule has 19 heavy (non-hydrogen) atoms. The number of anilines is 1. The lowest BCUT2D eigenvalue weighted by molar-refractivity contribution is -0.148. The van der Waals surface area contributed by atoms with E-state index in [1.165, 1.54) is 5.56 Å². The molecule has 1 fully saturated rings. The van der Waals surface area contributed by atoms with Crippen LogP contribution in [0, 0.1) is 12.3 Å². The Kier molecular flexibility index (Phi) is 3.57. The van der Waals surface area contributed by atoms with Gasteiger partial charge >= 0.3 is 5.97 Å². The highest BCUT2D eigenvalue weighted by Gasteiger charge is 2.52. The van der Waals surface area contributed by atoms with E-state index in [0.717, 1.165) is 24.9 Å². The first kappa shape index (κ1) is 13.9. The van der Waals surface area contributed by atoms with Gasteiger partial charge in [-0.25, -0.2) is 4.79 Å². The van der Waals surface area contributed by atoms with Crippen LogP contribution in [0.1, 0.15) is 45.1 Å². The topological polar surface area (TPSA) is 49.3 Å². The zero-order valence-electron chi connectivity index (χ0n) is 12.0. The van der Waals surface area contributed by atoms with E-state index in [4.69, 9.17) is 0 Å². The molecule has 0 aromatic heterocycles. The van der Waals surface area contributed by atoms with Crippen molar-refractivity contribution in [2.24, 2.45) is 5.41 Å². The number of carboxylic acids is 1. The normalized spacial score (nSPS) is 25.8. The average molecular weight is 261 g/mol. The molecular formula is C16H23NO2. The van der Waals surface area contributed by atoms with Gasteiger partial charge < -0.3 is 10.4 Å². The van der Waals surface area contributed by atoms with Gasteiger partial charge in [0.05, 0.1) is 0 Å². The molecule has 0 bridgehead atoms. The third-order valence-corrected chi connectivity index (χ3v) is 4.53. The summed E-state index contributed by atoms with van der Waals surface area (Å²) in [6.07, 6.45) is 3.70. The van der Waals surface area contributed by atoms with Gasteiger partial charge in [0.1, 0.15) is 5.54 Å². The molecule has 104 valence electrons. The standard InChI is InChI=1S/C16H23NO2/c1-12-6-8-13(9-7-12)17-16(14(18)19)11-5-4-10-15(16,2)3/h6-9,17H,4-5,10-11H2,1-3H3,(H,18,19). The highest BCUT2D eigenvalue weighted by Crippen LogP contribution is 2.46. The first-order chi connectivity index (χ1) is 8.87. The van der Waals surface area contributed by atoms with Gasteiger partial charge in [-0.05, 0) is 37.3 Å². The zero-order valence-corrected chi connectivity index (χ0v) is 12.0. The van der Waals surface area contributed by atoms with Crippen LogP contribution in [0.3, 0.4) is 0 Å². The summed E-state index contributed by atoms with van der Waals surface area (Å²) in [6, 6.07) is 7.94. The van der Waals surface area contributed by atoms with E-state index in [2.05, 4.69) is 19.2 Å². The Hall–Kier alpha value is -1.51. The Morgan fingerprint density at radius 1 is 1.16 bits per heavy atom. The summed E-state index contributed by atoms with van der Waals surface area (Å²) in [5.74, 6) is -0.738. The number of rotatable bonds is 3. The van der Waals surface area contributed by atoms with Gasteiger partial charge in [-0.2, -0.15) is 0 Å². The van der Waals surface area contributed by atoms with Gasteiger partial charge in [0, 0.05) is 5.69 Å². The van der Waals surface area contributed by atoms with E-state index in [1.807, 2.05) is 31.2 Å². The first-order valence-electron chi connectivity index (χ1n) is 6.96. The molecule has 1 saturated carbocycles. The van der Waals surface area contributed by atoms with Crippen molar-refractivity contribution < 1.29 is 9.90 Å². The van der Waals surface area contributed by atoms with Crippen LogP contribution in [0.15, 0.2) is 24.3 Å². The predicted molar refractivity (Wildman–Crippen MR) is 77.4 cm³/mol. The van der Waals surface area contributed by atoms with Crippen LogP contribution in [0.2, 0.25) is 0 Å². The van der Waals surface area contributed by atoms with E-state index in [1.54, 1.807) is 0 Å². The van der Waals surface area contributed by atoms with Gasteiger partial charge in [0.15, 0.2) is 0 Å². The number of nitrogens with one attached hydrogen (secondary N) is 1. The third kappa shape index (κ3) is 2.46. The fraction of sp³-hybridized carbons (Fsp3) is 0.562. The molecule has 0 saturated heterocycles. The molecule has 0 spiro atoms. The number of aryl methyl sites for hydroxylation is 1. The summed E-state index contributed by atoms with van der Waals surface area (Å²) in [6.45, 7) is 6.14. The van der Waals surface area contributed by atoms with Crippen molar-refractivity contribution in [3.8, 4) is 0 Å². The molecule has 0 amide bonds. The number of aliphatic carboxylic acids is 1. The molecular weight excluding hydrogens is 238 g/mol. The number of hydrogen-bond acceptors (Lipinski definition) is 2. The predicted octanol–water partition coefficient (Wildman–Crippen LogP) is 3.83. The Morgan fingerprint density at radius 2 is 1.74 bits per heavy atom. The number of carbonyl (C=O) groups is 1. The molecule has 1 aliphatic rings.